The molecule has 0 aliphatic rings. The Labute approximate surface area is 237 Å². The minimum absolute atomic E-state index is 0. The van der Waals surface area contributed by atoms with E-state index in [0.717, 1.165) is 12.1 Å². The fourth-order valence-electron chi connectivity index (χ4n) is 2.71. The van der Waals surface area contributed by atoms with Gasteiger partial charge in [-0.05, 0) is 35.7 Å². The average Bonchev–Trinajstić information content (AvgIpc) is 2.71. The summed E-state index contributed by atoms with van der Waals surface area (Å²) in [6, 6.07) is 11.7. The molecule has 0 bridgehead atoms. The molecule has 2 N–H and O–H groups in total. The van der Waals surface area contributed by atoms with E-state index in [1.165, 1.54) is 13.0 Å². The number of anilines is 1. The van der Waals surface area contributed by atoms with Gasteiger partial charge in [0, 0.05) is 12.3 Å². The smallest absolute Gasteiger partial charge is 0.744 e. The van der Waals surface area contributed by atoms with Crippen LogP contribution in [0.1, 0.15) is 6.92 Å². The van der Waals surface area contributed by atoms with E-state index < -0.39 is 26.7 Å². The summed E-state index contributed by atoms with van der Waals surface area (Å²) in [6.07, 6.45) is 0. The third-order valence-electron chi connectivity index (χ3n) is 3.90. The molecule has 3 aromatic carbocycles. The van der Waals surface area contributed by atoms with Gasteiger partial charge in [0.25, 0.3) is 0 Å². The molecule has 3 rings (SSSR count). The van der Waals surface area contributed by atoms with Crippen molar-refractivity contribution in [2.45, 2.75) is 16.7 Å². The quantitative estimate of drug-likeness (QED) is 0.0844. The third-order valence-corrected chi connectivity index (χ3v) is 5.32. The molecule has 0 heterocycles. The molecule has 0 fully saturated rings. The van der Waals surface area contributed by atoms with Gasteiger partial charge in [0.05, 0.1) is 33.2 Å². The van der Waals surface area contributed by atoms with E-state index in [1.807, 2.05) is 0 Å². The molecule has 0 saturated carbocycles. The van der Waals surface area contributed by atoms with Gasteiger partial charge in [-0.2, -0.15) is 9.45 Å². The summed E-state index contributed by atoms with van der Waals surface area (Å²) >= 11 is 0.381. The van der Waals surface area contributed by atoms with E-state index in [0.29, 0.717) is 17.7 Å². The molecule has 0 unspecified atom stereocenters. The maximum absolute atomic E-state index is 11.6. The van der Waals surface area contributed by atoms with Crippen molar-refractivity contribution in [2.24, 2.45) is 10.2 Å². The molecule has 1 amide bonds. The second-order valence-corrected chi connectivity index (χ2v) is 8.15. The molecule has 0 aliphatic carbocycles. The van der Waals surface area contributed by atoms with Crippen molar-refractivity contribution in [1.82, 2.24) is 0 Å². The molecular weight excluding hydrogens is 496 g/mol. The van der Waals surface area contributed by atoms with E-state index in [-0.39, 0.29) is 86.2 Å². The van der Waals surface area contributed by atoms with Gasteiger partial charge in [0.15, 0.2) is 5.75 Å². The Morgan fingerprint density at radius 1 is 1.12 bits per heavy atom. The van der Waals surface area contributed by atoms with Gasteiger partial charge in [-0.15, -0.1) is 5.11 Å². The maximum Gasteiger partial charge on any atom is 1.00 e. The Balaban J connectivity index is 0.00000272. The summed E-state index contributed by atoms with van der Waals surface area (Å²) < 4.78 is 38.9. The number of rotatable bonds is 7. The van der Waals surface area contributed by atoms with E-state index in [1.54, 1.807) is 30.3 Å². The maximum atomic E-state index is 11.6. The molecule has 0 atom stereocenters. The first kappa shape index (κ1) is 30.0. The molecule has 11 nitrogen and oxygen atoms in total. The van der Waals surface area contributed by atoms with E-state index in [9.17, 15) is 28.1 Å². The molecule has 0 saturated heterocycles. The van der Waals surface area contributed by atoms with Gasteiger partial charge in [-0.1, -0.05) is 18.2 Å². The van der Waals surface area contributed by atoms with Crippen molar-refractivity contribution in [3.8, 4) is 5.75 Å². The number of carbonyl (C=O) groups is 1. The number of hydrogen-bond donors (Lipinski definition) is 2. The Morgan fingerprint density at radius 2 is 1.79 bits per heavy atom. The van der Waals surface area contributed by atoms with E-state index in [4.69, 9.17) is 0 Å². The van der Waals surface area contributed by atoms with Crippen molar-refractivity contribution < 1.29 is 96.6 Å². The first-order valence-electron chi connectivity index (χ1n) is 8.38. The van der Waals surface area contributed by atoms with Gasteiger partial charge in [-0.3, -0.25) is 9.83 Å². The van der Waals surface area contributed by atoms with Crippen LogP contribution in [0.15, 0.2) is 68.6 Å². The van der Waals surface area contributed by atoms with E-state index in [2.05, 4.69) is 24.9 Å². The van der Waals surface area contributed by atoms with Crippen molar-refractivity contribution in [2.75, 3.05) is 5.32 Å². The second kappa shape index (κ2) is 13.1. The van der Waals surface area contributed by atoms with Crippen molar-refractivity contribution in [3.63, 3.8) is 0 Å². The zero-order valence-corrected chi connectivity index (χ0v) is 23.3. The van der Waals surface area contributed by atoms with Crippen LogP contribution in [0.5, 0.6) is 5.75 Å². The molecule has 15 heteroatoms. The summed E-state index contributed by atoms with van der Waals surface area (Å²) in [5.74, 6) is -1.08. The van der Waals surface area contributed by atoms with Crippen molar-refractivity contribution in [1.29, 1.82) is 0 Å². The summed E-state index contributed by atoms with van der Waals surface area (Å²) in [5.41, 5.74) is 0.169. The fourth-order valence-corrected chi connectivity index (χ4v) is 3.73. The summed E-state index contributed by atoms with van der Waals surface area (Å²) in [4.78, 5) is 11.0. The Kier molecular flexibility index (Phi) is 11.9. The molecule has 0 aromatic heterocycles. The second-order valence-electron chi connectivity index (χ2n) is 6.03. The normalized spacial score (nSPS) is 11.1. The molecule has 0 aliphatic heterocycles. The zero-order chi connectivity index (χ0) is 22.6. The first-order valence-corrected chi connectivity index (χ1v) is 10.5. The number of benzene rings is 3. The van der Waals surface area contributed by atoms with Crippen LogP contribution in [0.2, 0.25) is 0 Å². The van der Waals surface area contributed by atoms with Gasteiger partial charge in [0.2, 0.25) is 5.91 Å². The minimum Gasteiger partial charge on any atom is -0.744 e. The predicted molar refractivity (Wildman–Crippen MR) is 107 cm³/mol. The number of nitrogens with one attached hydrogen (secondary N) is 1. The van der Waals surface area contributed by atoms with Crippen LogP contribution in [0.25, 0.3) is 10.8 Å². The Hall–Kier alpha value is -1.07. The number of carbonyl (C=O) groups excluding carboxylic acids is 1. The number of azo groups is 1. The van der Waals surface area contributed by atoms with Crippen LogP contribution in [0, 0.1) is 0 Å². The van der Waals surface area contributed by atoms with Crippen LogP contribution in [-0.2, 0) is 24.3 Å². The standard InChI is InChI=1S/C18H15N3O8S2.2Na/c1-10(22)19-14-9-13(31(25,26)27)7-11-8-15(30-29-28-24)17(18(23)16(11)14)21-20-12-5-3-2-4-6-12;;/h2-9,23-24H,1H3,(H,19,22)(H,25,26,27);;/q;2*+1/p-2. The largest absolute Gasteiger partial charge is 1.00 e. The number of hydrogen-bond acceptors (Lipinski definition) is 11. The zero-order valence-electron chi connectivity index (χ0n) is 17.6. The Bertz CT molecular complexity index is 1270. The SMILES string of the molecule is CC(=O)Nc1cc(S(=O)(=O)[O-])cc2cc(SOO[O-])c(N=Nc3ccccc3)c(O)c12.[Na+].[Na+]. The van der Waals surface area contributed by atoms with Crippen molar-refractivity contribution >= 4 is 55.9 Å². The van der Waals surface area contributed by atoms with Gasteiger partial charge in [-0.25, -0.2) is 8.42 Å². The van der Waals surface area contributed by atoms with Crippen LogP contribution < -0.4 is 69.7 Å². The third kappa shape index (κ3) is 7.71. The van der Waals surface area contributed by atoms with Crippen molar-refractivity contribution in [3.05, 3.63) is 48.5 Å². The summed E-state index contributed by atoms with van der Waals surface area (Å²) in [5, 5.41) is 34.9. The number of phenolic OH excluding ortho intramolecular Hbond substituents is 1. The van der Waals surface area contributed by atoms with Crippen LogP contribution in [0.3, 0.4) is 0 Å². The Morgan fingerprint density at radius 3 is 2.36 bits per heavy atom. The number of fused-ring (bicyclic) bond motifs is 1. The molecular formula is C18H13N3Na2O8S2. The predicted octanol–water partition coefficient (Wildman–Crippen LogP) is -2.94. The molecule has 162 valence electrons. The first-order chi connectivity index (χ1) is 14.7. The minimum atomic E-state index is -4.89. The number of aromatic hydroxyl groups is 1. The molecule has 33 heavy (non-hydrogen) atoms. The van der Waals surface area contributed by atoms with Gasteiger partial charge in [0.1, 0.15) is 15.8 Å². The number of amides is 1. The average molecular weight is 509 g/mol. The number of phenols is 1. The fraction of sp³-hybridized carbons (Fsp3) is 0.0556. The summed E-state index contributed by atoms with van der Waals surface area (Å²) in [6.45, 7) is 1.17. The van der Waals surface area contributed by atoms with Crippen LogP contribution in [-0.4, -0.2) is 24.0 Å². The number of nitrogens with zero attached hydrogens (tertiary/aromatic N) is 2. The van der Waals surface area contributed by atoms with Crippen LogP contribution in [0.4, 0.5) is 17.1 Å². The topological polar surface area (TPSA) is 173 Å². The monoisotopic (exact) mass is 509 g/mol. The van der Waals surface area contributed by atoms with E-state index >= 15 is 0 Å². The molecule has 0 spiro atoms. The van der Waals surface area contributed by atoms with Crippen LogP contribution >= 0.6 is 12.0 Å². The molecule has 0 radical (unpaired) electrons. The van der Waals surface area contributed by atoms with Gasteiger partial charge < -0.3 is 20.2 Å². The molecule has 3 aromatic rings. The van der Waals surface area contributed by atoms with Gasteiger partial charge >= 0.3 is 59.1 Å². The summed E-state index contributed by atoms with van der Waals surface area (Å²) in [7, 11) is -4.89.